The lowest BCUT2D eigenvalue weighted by atomic mass is 10.2. The second kappa shape index (κ2) is 6.98. The summed E-state index contributed by atoms with van der Waals surface area (Å²) < 4.78 is 0. The van der Waals surface area contributed by atoms with Crippen LogP contribution in [0.1, 0.15) is 34.5 Å². The zero-order chi connectivity index (χ0) is 18.4. The van der Waals surface area contributed by atoms with Gasteiger partial charge in [-0.2, -0.15) is 0 Å². The molecule has 1 aliphatic rings. The molecule has 4 nitrogen and oxygen atoms in total. The SMILES string of the molecule is Cc1ccc(-c2csc3nc(CN4CCC[C@@H]4c4cccs4)[nH]c(=O)c23)s1. The van der Waals surface area contributed by atoms with E-state index in [0.717, 1.165) is 33.0 Å². The molecule has 27 heavy (non-hydrogen) atoms. The molecule has 4 aromatic heterocycles. The molecule has 0 aliphatic carbocycles. The van der Waals surface area contributed by atoms with Crippen molar-refractivity contribution in [1.82, 2.24) is 14.9 Å². The minimum absolute atomic E-state index is 0.0239. The van der Waals surface area contributed by atoms with E-state index >= 15 is 0 Å². The molecule has 1 aliphatic heterocycles. The Bertz CT molecular complexity index is 1140. The van der Waals surface area contributed by atoms with Crippen LogP contribution in [0.15, 0.2) is 39.8 Å². The monoisotopic (exact) mass is 413 g/mol. The van der Waals surface area contributed by atoms with Crippen molar-refractivity contribution in [2.45, 2.75) is 32.4 Å². The predicted octanol–water partition coefficient (Wildman–Crippen LogP) is 5.42. The van der Waals surface area contributed by atoms with Crippen LogP contribution in [0.4, 0.5) is 0 Å². The van der Waals surface area contributed by atoms with Crippen molar-refractivity contribution in [2.75, 3.05) is 6.54 Å². The molecule has 1 N–H and O–H groups in total. The summed E-state index contributed by atoms with van der Waals surface area (Å²) in [4.78, 5) is 27.8. The van der Waals surface area contributed by atoms with E-state index in [0.29, 0.717) is 12.6 Å². The average Bonchev–Trinajstić information content (AvgIpc) is 3.41. The maximum absolute atomic E-state index is 12.8. The number of thiophene rings is 3. The second-order valence-corrected chi connectivity index (χ2v) is 10.0. The highest BCUT2D eigenvalue weighted by atomic mass is 32.1. The molecule has 0 amide bonds. The van der Waals surface area contributed by atoms with Crippen molar-refractivity contribution < 1.29 is 0 Å². The molecule has 0 radical (unpaired) electrons. The highest BCUT2D eigenvalue weighted by Gasteiger charge is 2.27. The Balaban J connectivity index is 1.48. The first-order chi connectivity index (χ1) is 13.2. The summed E-state index contributed by atoms with van der Waals surface area (Å²) in [5, 5.41) is 4.92. The van der Waals surface area contributed by atoms with Crippen LogP contribution in [0.3, 0.4) is 0 Å². The van der Waals surface area contributed by atoms with Gasteiger partial charge in [0.25, 0.3) is 5.56 Å². The van der Waals surface area contributed by atoms with E-state index < -0.39 is 0 Å². The van der Waals surface area contributed by atoms with Gasteiger partial charge in [0.15, 0.2) is 0 Å². The fraction of sp³-hybridized carbons (Fsp3) is 0.300. The summed E-state index contributed by atoms with van der Waals surface area (Å²) in [5.41, 5.74) is 0.982. The molecule has 0 bridgehead atoms. The lowest BCUT2D eigenvalue weighted by Crippen LogP contribution is -2.25. The Labute approximate surface area is 169 Å². The molecule has 0 spiro atoms. The van der Waals surface area contributed by atoms with Gasteiger partial charge in [-0.05, 0) is 49.9 Å². The molecule has 0 saturated carbocycles. The van der Waals surface area contributed by atoms with Crippen molar-refractivity contribution in [3.05, 3.63) is 61.0 Å². The third-order valence-electron chi connectivity index (χ3n) is 5.09. The first-order valence-corrected chi connectivity index (χ1v) is 11.6. The molecule has 5 heterocycles. The molecular formula is C20H19N3OS3. The Morgan fingerprint density at radius 1 is 1.30 bits per heavy atom. The Morgan fingerprint density at radius 3 is 3.00 bits per heavy atom. The number of likely N-dealkylation sites (tertiary alicyclic amines) is 1. The minimum Gasteiger partial charge on any atom is -0.309 e. The van der Waals surface area contributed by atoms with E-state index in [-0.39, 0.29) is 5.56 Å². The smallest absolute Gasteiger partial charge is 0.260 e. The number of H-pyrrole nitrogens is 1. The summed E-state index contributed by atoms with van der Waals surface area (Å²) in [6, 6.07) is 8.95. The van der Waals surface area contributed by atoms with Crippen molar-refractivity contribution in [3.63, 3.8) is 0 Å². The fourth-order valence-electron chi connectivity index (χ4n) is 3.84. The minimum atomic E-state index is -0.0239. The van der Waals surface area contributed by atoms with Gasteiger partial charge in [-0.25, -0.2) is 4.98 Å². The van der Waals surface area contributed by atoms with Gasteiger partial charge < -0.3 is 4.98 Å². The van der Waals surface area contributed by atoms with Gasteiger partial charge in [0.2, 0.25) is 0 Å². The van der Waals surface area contributed by atoms with Gasteiger partial charge in [0.1, 0.15) is 10.7 Å². The first-order valence-electron chi connectivity index (χ1n) is 9.04. The van der Waals surface area contributed by atoms with E-state index in [1.807, 2.05) is 11.3 Å². The van der Waals surface area contributed by atoms with Crippen LogP contribution in [-0.4, -0.2) is 21.4 Å². The predicted molar refractivity (Wildman–Crippen MR) is 115 cm³/mol. The third kappa shape index (κ3) is 3.18. The molecule has 1 saturated heterocycles. The van der Waals surface area contributed by atoms with E-state index in [2.05, 4.69) is 51.8 Å². The van der Waals surface area contributed by atoms with Gasteiger partial charge >= 0.3 is 0 Å². The van der Waals surface area contributed by atoms with Crippen LogP contribution < -0.4 is 5.56 Å². The summed E-state index contributed by atoms with van der Waals surface area (Å²) in [7, 11) is 0. The maximum atomic E-state index is 12.8. The number of hydrogen-bond acceptors (Lipinski definition) is 6. The van der Waals surface area contributed by atoms with Crippen molar-refractivity contribution in [2.24, 2.45) is 0 Å². The summed E-state index contributed by atoms with van der Waals surface area (Å²) >= 11 is 5.09. The standard InChI is InChI=1S/C20H19N3OS3/c1-12-6-7-15(27-12)13-11-26-20-18(13)19(24)21-17(22-20)10-23-8-2-4-14(23)16-5-3-9-25-16/h3,5-7,9,11,14H,2,4,8,10H2,1H3,(H,21,22,24)/t14-/m1/s1. The van der Waals surface area contributed by atoms with Crippen LogP contribution >= 0.6 is 34.0 Å². The highest BCUT2D eigenvalue weighted by molar-refractivity contribution is 7.19. The van der Waals surface area contributed by atoms with Gasteiger partial charge in [0.05, 0.1) is 11.9 Å². The molecule has 5 rings (SSSR count). The number of aryl methyl sites for hydroxylation is 1. The highest BCUT2D eigenvalue weighted by Crippen LogP contribution is 2.37. The molecule has 1 atom stereocenters. The number of aromatic amines is 1. The number of nitrogens with one attached hydrogen (secondary N) is 1. The van der Waals surface area contributed by atoms with Crippen molar-refractivity contribution in [3.8, 4) is 10.4 Å². The number of hydrogen-bond donors (Lipinski definition) is 1. The third-order valence-corrected chi connectivity index (χ3v) is 7.97. The normalized spacial score (nSPS) is 17.9. The van der Waals surface area contributed by atoms with E-state index in [9.17, 15) is 4.79 Å². The zero-order valence-corrected chi connectivity index (χ0v) is 17.3. The van der Waals surface area contributed by atoms with E-state index in [4.69, 9.17) is 4.98 Å². The number of nitrogens with zero attached hydrogens (tertiary/aromatic N) is 2. The molecule has 7 heteroatoms. The molecule has 0 unspecified atom stereocenters. The van der Waals surface area contributed by atoms with Gasteiger partial charge in [-0.15, -0.1) is 34.0 Å². The van der Waals surface area contributed by atoms with E-state index in [1.165, 1.54) is 22.6 Å². The zero-order valence-electron chi connectivity index (χ0n) is 14.9. The van der Waals surface area contributed by atoms with Crippen LogP contribution in [0.25, 0.3) is 20.7 Å². The van der Waals surface area contributed by atoms with Crippen LogP contribution in [0.5, 0.6) is 0 Å². The Morgan fingerprint density at radius 2 is 2.22 bits per heavy atom. The lowest BCUT2D eigenvalue weighted by Gasteiger charge is -2.22. The van der Waals surface area contributed by atoms with Gasteiger partial charge in [-0.3, -0.25) is 9.69 Å². The Hall–Kier alpha value is -1.80. The van der Waals surface area contributed by atoms with Crippen molar-refractivity contribution >= 4 is 44.2 Å². The molecular weight excluding hydrogens is 394 g/mol. The van der Waals surface area contributed by atoms with Gasteiger partial charge in [-0.1, -0.05) is 6.07 Å². The molecule has 138 valence electrons. The number of rotatable bonds is 4. The Kier molecular flexibility index (Phi) is 4.47. The number of aromatic nitrogens is 2. The molecule has 0 aromatic carbocycles. The topological polar surface area (TPSA) is 49.0 Å². The van der Waals surface area contributed by atoms with Crippen LogP contribution in [-0.2, 0) is 6.54 Å². The lowest BCUT2D eigenvalue weighted by molar-refractivity contribution is 0.245. The first kappa shape index (κ1) is 17.3. The second-order valence-electron chi connectivity index (χ2n) is 6.90. The maximum Gasteiger partial charge on any atom is 0.260 e. The summed E-state index contributed by atoms with van der Waals surface area (Å²) in [5.74, 6) is 0.770. The summed E-state index contributed by atoms with van der Waals surface area (Å²) in [6.45, 7) is 3.83. The van der Waals surface area contributed by atoms with Crippen LogP contribution in [0.2, 0.25) is 0 Å². The molecule has 4 aromatic rings. The van der Waals surface area contributed by atoms with Crippen LogP contribution in [0, 0.1) is 6.92 Å². The van der Waals surface area contributed by atoms with Gasteiger partial charge in [0, 0.05) is 31.6 Å². The fourth-order valence-corrected chi connectivity index (χ4v) is 6.66. The largest absolute Gasteiger partial charge is 0.309 e. The summed E-state index contributed by atoms with van der Waals surface area (Å²) in [6.07, 6.45) is 2.36. The van der Waals surface area contributed by atoms with E-state index in [1.54, 1.807) is 22.7 Å². The van der Waals surface area contributed by atoms with Crippen molar-refractivity contribution in [1.29, 1.82) is 0 Å². The quantitative estimate of drug-likeness (QED) is 0.486. The average molecular weight is 414 g/mol. The number of fused-ring (bicyclic) bond motifs is 1. The molecule has 1 fully saturated rings.